The van der Waals surface area contributed by atoms with Crippen molar-refractivity contribution in [1.29, 1.82) is 0 Å². The molecule has 0 saturated carbocycles. The summed E-state index contributed by atoms with van der Waals surface area (Å²) in [4.78, 5) is 26.0. The van der Waals surface area contributed by atoms with Crippen LogP contribution >= 0.6 is 35.0 Å². The van der Waals surface area contributed by atoms with Crippen molar-refractivity contribution >= 4 is 52.2 Å². The molecule has 118 valence electrons. The highest BCUT2D eigenvalue weighted by Crippen LogP contribution is 2.34. The Balaban J connectivity index is 1.81. The topological polar surface area (TPSA) is 50.5 Å². The number of halogens is 2. The van der Waals surface area contributed by atoms with E-state index in [0.29, 0.717) is 20.7 Å². The van der Waals surface area contributed by atoms with Crippen LogP contribution in [0.25, 0.3) is 6.08 Å². The van der Waals surface area contributed by atoms with Gasteiger partial charge < -0.3 is 4.42 Å². The largest absolute Gasteiger partial charge is 0.462 e. The monoisotopic (exact) mass is 367 g/mol. The van der Waals surface area contributed by atoms with Gasteiger partial charge in [-0.05, 0) is 48.5 Å². The molecule has 1 aliphatic heterocycles. The third-order valence-corrected chi connectivity index (χ3v) is 4.88. The minimum Gasteiger partial charge on any atom is -0.462 e. The molecule has 2 amide bonds. The van der Waals surface area contributed by atoms with E-state index in [1.54, 1.807) is 36.4 Å². The van der Waals surface area contributed by atoms with Crippen LogP contribution in [-0.2, 0) is 11.3 Å². The van der Waals surface area contributed by atoms with Crippen LogP contribution in [-0.4, -0.2) is 16.0 Å². The molecular weight excluding hydrogens is 357 g/mol. The number of carbonyl (C=O) groups is 2. The second-order valence-electron chi connectivity index (χ2n) is 4.96. The van der Waals surface area contributed by atoms with Gasteiger partial charge >= 0.3 is 0 Å². The maximum atomic E-state index is 12.4. The minimum atomic E-state index is -0.347. The molecule has 0 radical (unpaired) electrons. The Morgan fingerprint density at radius 3 is 2.61 bits per heavy atom. The lowest BCUT2D eigenvalue weighted by atomic mass is 10.2. The number of rotatable bonds is 3. The van der Waals surface area contributed by atoms with E-state index in [0.717, 1.165) is 23.1 Å². The maximum Gasteiger partial charge on any atom is 0.293 e. The van der Waals surface area contributed by atoms with E-state index < -0.39 is 0 Å². The number of thioether (sulfide) groups is 1. The zero-order valence-corrected chi connectivity index (χ0v) is 14.3. The molecule has 3 rings (SSSR count). The van der Waals surface area contributed by atoms with Crippen LogP contribution in [0.1, 0.15) is 17.1 Å². The van der Waals surface area contributed by atoms with Gasteiger partial charge in [0.1, 0.15) is 11.5 Å². The number of aryl methyl sites for hydroxylation is 1. The van der Waals surface area contributed by atoms with Crippen LogP contribution in [0.2, 0.25) is 10.0 Å². The van der Waals surface area contributed by atoms with E-state index in [1.807, 2.05) is 6.92 Å². The Hall–Kier alpha value is -1.69. The quantitative estimate of drug-likeness (QED) is 0.705. The van der Waals surface area contributed by atoms with Gasteiger partial charge in [0.25, 0.3) is 11.1 Å². The summed E-state index contributed by atoms with van der Waals surface area (Å²) in [5, 5.41) is 0.492. The van der Waals surface area contributed by atoms with Gasteiger partial charge in [-0.1, -0.05) is 29.3 Å². The van der Waals surface area contributed by atoms with Gasteiger partial charge in [-0.15, -0.1) is 0 Å². The highest BCUT2D eigenvalue weighted by Gasteiger charge is 2.35. The number of furan rings is 1. The SMILES string of the molecule is Cc1ccc(/C=C2/SC(=O)N(Cc3ccc(Cl)c(Cl)c3)C2=O)o1. The molecule has 1 aliphatic rings. The van der Waals surface area contributed by atoms with Crippen LogP contribution in [0.15, 0.2) is 39.7 Å². The number of nitrogens with zero attached hydrogens (tertiary/aromatic N) is 1. The molecular formula is C16H11Cl2NO3S. The first-order chi connectivity index (χ1) is 10.9. The molecule has 23 heavy (non-hydrogen) atoms. The van der Waals surface area contributed by atoms with Crippen molar-refractivity contribution in [3.05, 3.63) is 62.4 Å². The maximum absolute atomic E-state index is 12.4. The summed E-state index contributed by atoms with van der Waals surface area (Å²) in [5.41, 5.74) is 0.733. The minimum absolute atomic E-state index is 0.149. The van der Waals surface area contributed by atoms with Crippen molar-refractivity contribution < 1.29 is 14.0 Å². The first-order valence-electron chi connectivity index (χ1n) is 6.70. The molecule has 2 aromatic rings. The van der Waals surface area contributed by atoms with Crippen LogP contribution in [0.3, 0.4) is 0 Å². The average molecular weight is 368 g/mol. The summed E-state index contributed by atoms with van der Waals surface area (Å²) >= 11 is 12.7. The summed E-state index contributed by atoms with van der Waals surface area (Å²) in [6, 6.07) is 8.57. The number of hydrogen-bond donors (Lipinski definition) is 0. The van der Waals surface area contributed by atoms with E-state index in [9.17, 15) is 9.59 Å². The van der Waals surface area contributed by atoms with Gasteiger partial charge in [0.05, 0.1) is 21.5 Å². The first-order valence-corrected chi connectivity index (χ1v) is 8.27. The van der Waals surface area contributed by atoms with Crippen molar-refractivity contribution in [1.82, 2.24) is 4.90 Å². The molecule has 4 nitrogen and oxygen atoms in total. The lowest BCUT2D eigenvalue weighted by Crippen LogP contribution is -2.27. The van der Waals surface area contributed by atoms with Gasteiger partial charge in [-0.3, -0.25) is 14.5 Å². The van der Waals surface area contributed by atoms with E-state index in [1.165, 1.54) is 4.90 Å². The smallest absolute Gasteiger partial charge is 0.293 e. The Labute approximate surface area is 147 Å². The van der Waals surface area contributed by atoms with Gasteiger partial charge in [-0.25, -0.2) is 0 Å². The second kappa shape index (κ2) is 6.43. The summed E-state index contributed by atoms with van der Waals surface area (Å²) in [7, 11) is 0. The second-order valence-corrected chi connectivity index (χ2v) is 6.77. The zero-order chi connectivity index (χ0) is 16.6. The predicted molar refractivity (Wildman–Crippen MR) is 91.4 cm³/mol. The Kier molecular flexibility index (Phi) is 4.53. The number of carbonyl (C=O) groups excluding carboxylic acids is 2. The van der Waals surface area contributed by atoms with Crippen LogP contribution in [0.4, 0.5) is 4.79 Å². The molecule has 0 aliphatic carbocycles. The predicted octanol–water partition coefficient (Wildman–Crippen LogP) is 5.13. The fraction of sp³-hybridized carbons (Fsp3) is 0.125. The van der Waals surface area contributed by atoms with E-state index in [2.05, 4.69) is 0 Å². The molecule has 0 unspecified atom stereocenters. The number of benzene rings is 1. The number of amides is 2. The number of imide groups is 1. The molecule has 2 heterocycles. The van der Waals surface area contributed by atoms with Crippen molar-refractivity contribution in [3.8, 4) is 0 Å². The van der Waals surface area contributed by atoms with Gasteiger partial charge in [0.2, 0.25) is 0 Å². The van der Waals surface area contributed by atoms with Crippen LogP contribution < -0.4 is 0 Å². The van der Waals surface area contributed by atoms with Crippen LogP contribution in [0, 0.1) is 6.92 Å². The highest BCUT2D eigenvalue weighted by molar-refractivity contribution is 8.18. The molecule has 0 bridgehead atoms. The van der Waals surface area contributed by atoms with Crippen molar-refractivity contribution in [3.63, 3.8) is 0 Å². The van der Waals surface area contributed by atoms with Crippen LogP contribution in [0.5, 0.6) is 0 Å². The molecule has 0 N–H and O–H groups in total. The van der Waals surface area contributed by atoms with Gasteiger partial charge in [0.15, 0.2) is 0 Å². The Morgan fingerprint density at radius 2 is 1.96 bits per heavy atom. The standard InChI is InChI=1S/C16H11Cl2NO3S/c1-9-2-4-11(22-9)7-14-15(20)19(16(21)23-14)8-10-3-5-12(17)13(18)6-10/h2-7H,8H2,1H3/b14-7+. The summed E-state index contributed by atoms with van der Waals surface area (Å²) in [6.45, 7) is 1.96. The zero-order valence-electron chi connectivity index (χ0n) is 12.0. The third kappa shape index (κ3) is 3.47. The highest BCUT2D eigenvalue weighted by atomic mass is 35.5. The number of hydrogen-bond acceptors (Lipinski definition) is 4. The Morgan fingerprint density at radius 1 is 1.17 bits per heavy atom. The fourth-order valence-corrected chi connectivity index (χ4v) is 3.26. The molecule has 7 heteroatoms. The normalized spacial score (nSPS) is 16.7. The first kappa shape index (κ1) is 16.2. The van der Waals surface area contributed by atoms with Crippen molar-refractivity contribution in [2.75, 3.05) is 0 Å². The van der Waals surface area contributed by atoms with E-state index in [4.69, 9.17) is 27.6 Å². The van der Waals surface area contributed by atoms with Crippen molar-refractivity contribution in [2.45, 2.75) is 13.5 Å². The molecule has 1 aromatic heterocycles. The average Bonchev–Trinajstić information content (AvgIpc) is 3.02. The van der Waals surface area contributed by atoms with Crippen molar-refractivity contribution in [2.24, 2.45) is 0 Å². The van der Waals surface area contributed by atoms with E-state index >= 15 is 0 Å². The summed E-state index contributed by atoms with van der Waals surface area (Å²) in [5.74, 6) is 0.939. The summed E-state index contributed by atoms with van der Waals surface area (Å²) in [6.07, 6.45) is 1.58. The lowest BCUT2D eigenvalue weighted by Gasteiger charge is -2.12. The molecule has 1 aromatic carbocycles. The van der Waals surface area contributed by atoms with Gasteiger partial charge in [-0.2, -0.15) is 0 Å². The molecule has 0 atom stereocenters. The van der Waals surface area contributed by atoms with Gasteiger partial charge in [0, 0.05) is 6.08 Å². The lowest BCUT2D eigenvalue weighted by molar-refractivity contribution is -0.123. The molecule has 1 saturated heterocycles. The Bertz CT molecular complexity index is 828. The third-order valence-electron chi connectivity index (χ3n) is 3.23. The van der Waals surface area contributed by atoms with E-state index in [-0.39, 0.29) is 17.7 Å². The molecule has 0 spiro atoms. The molecule has 1 fully saturated rings. The fourth-order valence-electron chi connectivity index (χ4n) is 2.12. The summed E-state index contributed by atoms with van der Waals surface area (Å²) < 4.78 is 5.41.